The van der Waals surface area contributed by atoms with Gasteiger partial charge in [0.15, 0.2) is 5.60 Å². The Morgan fingerprint density at radius 3 is 2.41 bits per heavy atom. The van der Waals surface area contributed by atoms with Crippen molar-refractivity contribution in [3.63, 3.8) is 0 Å². The summed E-state index contributed by atoms with van der Waals surface area (Å²) in [6.45, 7) is 10.4. The highest BCUT2D eigenvalue weighted by Crippen LogP contribution is 2.43. The van der Waals surface area contributed by atoms with Gasteiger partial charge in [-0.05, 0) is 57.2 Å². The van der Waals surface area contributed by atoms with Crippen LogP contribution in [0.5, 0.6) is 11.5 Å². The Balaban J connectivity index is 1.87. The van der Waals surface area contributed by atoms with Gasteiger partial charge in [0.1, 0.15) is 11.5 Å². The van der Waals surface area contributed by atoms with Crippen LogP contribution in [-0.2, 0) is 16.0 Å². The molecular weight excluding hydrogens is 368 g/mol. The summed E-state index contributed by atoms with van der Waals surface area (Å²) in [5, 5.41) is 16.0. The summed E-state index contributed by atoms with van der Waals surface area (Å²) in [7, 11) is 0. The fourth-order valence-electron chi connectivity index (χ4n) is 3.77. The summed E-state index contributed by atoms with van der Waals surface area (Å²) >= 11 is 0. The van der Waals surface area contributed by atoms with Gasteiger partial charge in [-0.2, -0.15) is 0 Å². The molecule has 1 unspecified atom stereocenters. The van der Waals surface area contributed by atoms with Crippen LogP contribution in [0.15, 0.2) is 0 Å². The van der Waals surface area contributed by atoms with Gasteiger partial charge < -0.3 is 20.5 Å². The van der Waals surface area contributed by atoms with Crippen molar-refractivity contribution in [2.45, 2.75) is 85.2 Å². The third kappa shape index (κ3) is 5.43. The Bertz CT molecular complexity index is 760. The topological polar surface area (TPSA) is 87.7 Å². The lowest BCUT2D eigenvalue weighted by molar-refractivity contribution is -0.137. The van der Waals surface area contributed by atoms with Crippen molar-refractivity contribution in [1.29, 1.82) is 0 Å². The average Bonchev–Trinajstić information content (AvgIpc) is 2.71. The Morgan fingerprint density at radius 1 is 1.03 bits per heavy atom. The number of hydrogen-bond donors (Lipinski definition) is 3. The molecule has 6 heteroatoms. The molecule has 0 saturated carbocycles. The number of phenols is 1. The predicted octanol–water partition coefficient (Wildman–Crippen LogP) is 3.60. The third-order valence-electron chi connectivity index (χ3n) is 5.99. The molecule has 1 heterocycles. The number of fused-ring (bicyclic) bond motifs is 1. The van der Waals surface area contributed by atoms with Gasteiger partial charge in [0.2, 0.25) is 5.91 Å². The van der Waals surface area contributed by atoms with Gasteiger partial charge in [-0.15, -0.1) is 0 Å². The van der Waals surface area contributed by atoms with Crippen LogP contribution in [0.1, 0.15) is 74.6 Å². The fraction of sp³-hybridized carbons (Fsp3) is 0.652. The van der Waals surface area contributed by atoms with Crippen LogP contribution >= 0.6 is 0 Å². The summed E-state index contributed by atoms with van der Waals surface area (Å²) in [6.07, 6.45) is 6.05. The molecule has 6 nitrogen and oxygen atoms in total. The van der Waals surface area contributed by atoms with Gasteiger partial charge in [-0.3, -0.25) is 9.59 Å². The molecule has 0 aliphatic carbocycles. The molecule has 1 aliphatic heterocycles. The molecule has 2 rings (SSSR count). The van der Waals surface area contributed by atoms with E-state index in [1.165, 1.54) is 0 Å². The molecule has 0 aromatic heterocycles. The molecule has 0 radical (unpaired) electrons. The number of aromatic hydroxyl groups is 1. The summed E-state index contributed by atoms with van der Waals surface area (Å²) in [5.41, 5.74) is 2.50. The van der Waals surface area contributed by atoms with Gasteiger partial charge in [0.25, 0.3) is 5.91 Å². The highest BCUT2D eigenvalue weighted by atomic mass is 16.5. The van der Waals surface area contributed by atoms with Crippen LogP contribution in [0.4, 0.5) is 0 Å². The van der Waals surface area contributed by atoms with Gasteiger partial charge in [0, 0.05) is 31.5 Å². The number of hydrogen-bond acceptors (Lipinski definition) is 4. The maximum atomic E-state index is 12.8. The molecule has 0 fully saturated rings. The molecule has 1 aromatic carbocycles. The summed E-state index contributed by atoms with van der Waals surface area (Å²) < 4.78 is 6.17. The second kappa shape index (κ2) is 9.99. The van der Waals surface area contributed by atoms with Gasteiger partial charge in [0.05, 0.1) is 0 Å². The van der Waals surface area contributed by atoms with Crippen molar-refractivity contribution >= 4 is 11.8 Å². The fourth-order valence-corrected chi connectivity index (χ4v) is 3.77. The van der Waals surface area contributed by atoms with Crippen LogP contribution in [0.3, 0.4) is 0 Å². The minimum Gasteiger partial charge on any atom is -0.507 e. The molecule has 3 N–H and O–H groups in total. The molecule has 1 aliphatic rings. The smallest absolute Gasteiger partial charge is 0.263 e. The maximum absolute atomic E-state index is 12.8. The van der Waals surface area contributed by atoms with Crippen molar-refractivity contribution in [3.05, 3.63) is 22.3 Å². The second-order valence-electron chi connectivity index (χ2n) is 8.28. The van der Waals surface area contributed by atoms with E-state index in [1.807, 2.05) is 20.8 Å². The van der Waals surface area contributed by atoms with E-state index in [4.69, 9.17) is 4.74 Å². The largest absolute Gasteiger partial charge is 0.507 e. The highest BCUT2D eigenvalue weighted by molar-refractivity contribution is 5.86. The van der Waals surface area contributed by atoms with Gasteiger partial charge in [-0.25, -0.2) is 0 Å². The Kier molecular flexibility index (Phi) is 7.94. The first-order valence-electron chi connectivity index (χ1n) is 10.8. The molecule has 1 atom stereocenters. The molecule has 0 bridgehead atoms. The monoisotopic (exact) mass is 404 g/mol. The lowest BCUT2D eigenvalue weighted by atomic mass is 9.86. The van der Waals surface area contributed by atoms with E-state index >= 15 is 0 Å². The summed E-state index contributed by atoms with van der Waals surface area (Å²) in [5.74, 6) is 0.874. The van der Waals surface area contributed by atoms with E-state index in [-0.39, 0.29) is 11.8 Å². The SMILES string of the molecule is CCCCCCC(=O)NCCNC(=O)C1(C)CCc2c(C)c(O)c(C)c(C)c2O1. The minimum absolute atomic E-state index is 0.0331. The van der Waals surface area contributed by atoms with Crippen LogP contribution in [0, 0.1) is 20.8 Å². The number of rotatable bonds is 9. The number of carbonyl (C=O) groups excluding carboxylic acids is 2. The van der Waals surface area contributed by atoms with E-state index in [1.54, 1.807) is 6.92 Å². The van der Waals surface area contributed by atoms with E-state index < -0.39 is 5.60 Å². The van der Waals surface area contributed by atoms with Crippen molar-refractivity contribution < 1.29 is 19.4 Å². The number of unbranched alkanes of at least 4 members (excludes halogenated alkanes) is 3. The van der Waals surface area contributed by atoms with Gasteiger partial charge in [-0.1, -0.05) is 26.2 Å². The van der Waals surface area contributed by atoms with Crippen LogP contribution in [0.2, 0.25) is 0 Å². The molecular formula is C23H36N2O4. The average molecular weight is 405 g/mol. The Labute approximate surface area is 174 Å². The quantitative estimate of drug-likeness (QED) is 0.549. The van der Waals surface area contributed by atoms with E-state index in [0.29, 0.717) is 43.9 Å². The summed E-state index contributed by atoms with van der Waals surface area (Å²) in [4.78, 5) is 24.6. The number of carbonyl (C=O) groups is 2. The first-order valence-corrected chi connectivity index (χ1v) is 10.8. The lowest BCUT2D eigenvalue weighted by Gasteiger charge is -2.36. The third-order valence-corrected chi connectivity index (χ3v) is 5.99. The van der Waals surface area contributed by atoms with E-state index in [9.17, 15) is 14.7 Å². The normalized spacial score (nSPS) is 18.0. The standard InChI is InChI=1S/C23H36N2O4/c1-6-7-8-9-10-19(26)24-13-14-25-22(28)23(5)12-11-18-17(4)20(27)15(2)16(3)21(18)29-23/h27H,6-14H2,1-5H3,(H,24,26)(H,25,28). The zero-order valence-corrected chi connectivity index (χ0v) is 18.5. The molecule has 162 valence electrons. The zero-order valence-electron chi connectivity index (χ0n) is 18.5. The molecule has 1 aromatic rings. The maximum Gasteiger partial charge on any atom is 0.263 e. The molecule has 29 heavy (non-hydrogen) atoms. The van der Waals surface area contributed by atoms with Crippen LogP contribution < -0.4 is 15.4 Å². The minimum atomic E-state index is -0.961. The first-order chi connectivity index (χ1) is 13.7. The molecule has 0 saturated heterocycles. The van der Waals surface area contributed by atoms with Crippen molar-refractivity contribution in [2.75, 3.05) is 13.1 Å². The number of ether oxygens (including phenoxy) is 1. The van der Waals surface area contributed by atoms with E-state index in [0.717, 1.165) is 47.9 Å². The number of nitrogens with one attached hydrogen (secondary N) is 2. The zero-order chi connectivity index (χ0) is 21.6. The van der Waals surface area contributed by atoms with Crippen LogP contribution in [0.25, 0.3) is 0 Å². The molecule has 2 amide bonds. The number of amides is 2. The predicted molar refractivity (Wildman–Crippen MR) is 114 cm³/mol. The Hall–Kier alpha value is -2.24. The van der Waals surface area contributed by atoms with Crippen molar-refractivity contribution in [1.82, 2.24) is 10.6 Å². The molecule has 0 spiro atoms. The van der Waals surface area contributed by atoms with Crippen molar-refractivity contribution in [3.8, 4) is 11.5 Å². The van der Waals surface area contributed by atoms with Gasteiger partial charge >= 0.3 is 0 Å². The highest BCUT2D eigenvalue weighted by Gasteiger charge is 2.40. The lowest BCUT2D eigenvalue weighted by Crippen LogP contribution is -2.52. The number of phenolic OH excluding ortho intramolecular Hbond substituents is 1. The first kappa shape index (κ1) is 23.0. The summed E-state index contributed by atoms with van der Waals surface area (Å²) in [6, 6.07) is 0. The number of benzene rings is 1. The Morgan fingerprint density at radius 2 is 1.72 bits per heavy atom. The van der Waals surface area contributed by atoms with Crippen LogP contribution in [-0.4, -0.2) is 35.6 Å². The second-order valence-corrected chi connectivity index (χ2v) is 8.28. The van der Waals surface area contributed by atoms with Crippen molar-refractivity contribution in [2.24, 2.45) is 0 Å². The van der Waals surface area contributed by atoms with E-state index in [2.05, 4.69) is 17.6 Å².